The molecular formula is C16H22N2OS. The Kier molecular flexibility index (Phi) is 4.74. The van der Waals surface area contributed by atoms with Gasteiger partial charge >= 0.3 is 0 Å². The topological polar surface area (TPSA) is 56.0 Å². The van der Waals surface area contributed by atoms with Crippen LogP contribution in [0.3, 0.4) is 0 Å². The molecular weight excluding hydrogens is 268 g/mol. The first-order valence-corrected chi connectivity index (χ1v) is 8.32. The third-order valence-corrected chi connectivity index (χ3v) is 4.87. The van der Waals surface area contributed by atoms with E-state index in [-0.39, 0.29) is 5.41 Å². The molecule has 0 bridgehead atoms. The molecule has 0 amide bonds. The number of nitrogens with zero attached hydrogens (tertiary/aromatic N) is 1. The van der Waals surface area contributed by atoms with Gasteiger partial charge < -0.3 is 10.4 Å². The summed E-state index contributed by atoms with van der Waals surface area (Å²) < 4.78 is 0. The Labute approximate surface area is 125 Å². The molecule has 0 radical (unpaired) electrons. The van der Waals surface area contributed by atoms with Crippen LogP contribution < -0.4 is 5.32 Å². The van der Waals surface area contributed by atoms with Crippen LogP contribution in [0.15, 0.2) is 30.3 Å². The van der Waals surface area contributed by atoms with Gasteiger partial charge in [0.05, 0.1) is 17.1 Å². The van der Waals surface area contributed by atoms with E-state index in [4.69, 9.17) is 0 Å². The van der Waals surface area contributed by atoms with Crippen LogP contribution >= 0.6 is 11.8 Å². The average molecular weight is 290 g/mol. The number of thioether (sulfide) groups is 1. The summed E-state index contributed by atoms with van der Waals surface area (Å²) >= 11 is 1.64. The third kappa shape index (κ3) is 3.35. The monoisotopic (exact) mass is 290 g/mol. The van der Waals surface area contributed by atoms with Crippen molar-refractivity contribution in [2.45, 2.75) is 36.8 Å². The van der Waals surface area contributed by atoms with Crippen molar-refractivity contribution in [2.75, 3.05) is 18.6 Å². The SMILES string of the molecule is CSCC(C)(O)CNC1CC(C#N)(c2ccccc2)C1. The van der Waals surface area contributed by atoms with Crippen molar-refractivity contribution in [3.63, 3.8) is 0 Å². The van der Waals surface area contributed by atoms with E-state index < -0.39 is 5.60 Å². The van der Waals surface area contributed by atoms with Crippen molar-refractivity contribution in [1.82, 2.24) is 5.32 Å². The first-order chi connectivity index (χ1) is 9.51. The van der Waals surface area contributed by atoms with Crippen molar-refractivity contribution < 1.29 is 5.11 Å². The highest BCUT2D eigenvalue weighted by Crippen LogP contribution is 2.43. The summed E-state index contributed by atoms with van der Waals surface area (Å²) in [6, 6.07) is 12.8. The smallest absolute Gasteiger partial charge is 0.0852 e. The molecule has 1 aromatic rings. The molecule has 1 aliphatic carbocycles. The molecule has 0 heterocycles. The lowest BCUT2D eigenvalue weighted by Crippen LogP contribution is -2.54. The molecule has 108 valence electrons. The van der Waals surface area contributed by atoms with E-state index in [1.165, 1.54) is 0 Å². The Morgan fingerprint density at radius 3 is 2.65 bits per heavy atom. The lowest BCUT2D eigenvalue weighted by Gasteiger charge is -2.44. The van der Waals surface area contributed by atoms with E-state index in [9.17, 15) is 10.4 Å². The van der Waals surface area contributed by atoms with E-state index >= 15 is 0 Å². The number of nitrogens with one attached hydrogen (secondary N) is 1. The number of benzene rings is 1. The standard InChI is InChI=1S/C16H22N2OS/c1-15(19,12-20-2)11-18-14-8-16(9-14,10-17)13-6-4-3-5-7-13/h3-7,14,18-19H,8-9,11-12H2,1-2H3. The van der Waals surface area contributed by atoms with Crippen LogP contribution in [0.25, 0.3) is 0 Å². The van der Waals surface area contributed by atoms with Gasteiger partial charge in [-0.1, -0.05) is 30.3 Å². The van der Waals surface area contributed by atoms with Crippen LogP contribution in [-0.4, -0.2) is 35.3 Å². The summed E-state index contributed by atoms with van der Waals surface area (Å²) in [5.41, 5.74) is 0.0814. The summed E-state index contributed by atoms with van der Waals surface area (Å²) in [4.78, 5) is 0. The summed E-state index contributed by atoms with van der Waals surface area (Å²) in [6.07, 6.45) is 3.64. The van der Waals surface area contributed by atoms with E-state index in [1.807, 2.05) is 43.5 Å². The Bertz CT molecular complexity index is 475. The van der Waals surface area contributed by atoms with Gasteiger partial charge in [-0.15, -0.1) is 0 Å². The molecule has 0 aromatic heterocycles. The maximum absolute atomic E-state index is 10.1. The zero-order valence-corrected chi connectivity index (χ0v) is 12.9. The Hall–Kier alpha value is -1.02. The molecule has 3 nitrogen and oxygen atoms in total. The number of rotatable bonds is 6. The van der Waals surface area contributed by atoms with Gasteiger partial charge in [0.1, 0.15) is 0 Å². The van der Waals surface area contributed by atoms with E-state index in [2.05, 4.69) is 11.4 Å². The summed E-state index contributed by atoms with van der Waals surface area (Å²) in [6.45, 7) is 2.43. The molecule has 1 saturated carbocycles. The fourth-order valence-corrected chi connectivity index (χ4v) is 3.52. The molecule has 4 heteroatoms. The first kappa shape index (κ1) is 15.4. The Morgan fingerprint density at radius 2 is 2.10 bits per heavy atom. The minimum absolute atomic E-state index is 0.322. The minimum Gasteiger partial charge on any atom is -0.388 e. The molecule has 1 fully saturated rings. The number of nitriles is 1. The third-order valence-electron chi connectivity index (χ3n) is 3.96. The fourth-order valence-electron chi connectivity index (χ4n) is 2.80. The molecule has 0 aliphatic heterocycles. The van der Waals surface area contributed by atoms with Gasteiger partial charge in [0.2, 0.25) is 0 Å². The van der Waals surface area contributed by atoms with Crippen LogP contribution in [0.4, 0.5) is 0 Å². The second kappa shape index (κ2) is 6.17. The zero-order chi connectivity index (χ0) is 14.6. The van der Waals surface area contributed by atoms with Crippen LogP contribution in [0.2, 0.25) is 0 Å². The van der Waals surface area contributed by atoms with Gasteiger partial charge in [-0.25, -0.2) is 0 Å². The van der Waals surface area contributed by atoms with Crippen molar-refractivity contribution in [3.8, 4) is 6.07 Å². The lowest BCUT2D eigenvalue weighted by atomic mass is 9.62. The largest absolute Gasteiger partial charge is 0.388 e. The van der Waals surface area contributed by atoms with Gasteiger partial charge in [-0.05, 0) is 31.6 Å². The lowest BCUT2D eigenvalue weighted by molar-refractivity contribution is 0.0721. The second-order valence-electron chi connectivity index (χ2n) is 5.98. The quantitative estimate of drug-likeness (QED) is 0.844. The Morgan fingerprint density at radius 1 is 1.45 bits per heavy atom. The van der Waals surface area contributed by atoms with Crippen molar-refractivity contribution in [2.24, 2.45) is 0 Å². The van der Waals surface area contributed by atoms with Gasteiger partial charge in [0.15, 0.2) is 0 Å². The molecule has 2 rings (SSSR count). The predicted molar refractivity (Wildman–Crippen MR) is 83.8 cm³/mol. The van der Waals surface area contributed by atoms with E-state index in [1.54, 1.807) is 11.8 Å². The van der Waals surface area contributed by atoms with Crippen LogP contribution in [0.1, 0.15) is 25.3 Å². The number of hydrogen-bond acceptors (Lipinski definition) is 4. The van der Waals surface area contributed by atoms with Gasteiger partial charge in [0.25, 0.3) is 0 Å². The van der Waals surface area contributed by atoms with Crippen molar-refractivity contribution in [1.29, 1.82) is 5.26 Å². The first-order valence-electron chi connectivity index (χ1n) is 6.93. The van der Waals surface area contributed by atoms with Gasteiger partial charge in [-0.3, -0.25) is 0 Å². The molecule has 0 saturated heterocycles. The Balaban J connectivity index is 1.89. The van der Waals surface area contributed by atoms with E-state index in [0.717, 1.165) is 24.2 Å². The second-order valence-corrected chi connectivity index (χ2v) is 6.84. The normalized spacial score (nSPS) is 28.2. The molecule has 2 N–H and O–H groups in total. The minimum atomic E-state index is -0.683. The highest BCUT2D eigenvalue weighted by molar-refractivity contribution is 7.98. The maximum Gasteiger partial charge on any atom is 0.0852 e. The predicted octanol–water partition coefficient (Wildman–Crippen LogP) is 2.31. The van der Waals surface area contributed by atoms with E-state index in [0.29, 0.717) is 12.6 Å². The van der Waals surface area contributed by atoms with Crippen molar-refractivity contribution >= 4 is 11.8 Å². The zero-order valence-electron chi connectivity index (χ0n) is 12.1. The number of hydrogen-bond donors (Lipinski definition) is 2. The summed E-state index contributed by atoms with van der Waals surface area (Å²) in [5.74, 6) is 0.717. The highest BCUT2D eigenvalue weighted by atomic mass is 32.2. The maximum atomic E-state index is 10.1. The molecule has 1 aliphatic rings. The number of aliphatic hydroxyl groups is 1. The van der Waals surface area contributed by atoms with Crippen LogP contribution in [0, 0.1) is 11.3 Å². The van der Waals surface area contributed by atoms with Crippen molar-refractivity contribution in [3.05, 3.63) is 35.9 Å². The van der Waals surface area contributed by atoms with Gasteiger partial charge in [0, 0.05) is 18.3 Å². The molecule has 20 heavy (non-hydrogen) atoms. The average Bonchev–Trinajstić information content (AvgIpc) is 2.39. The summed E-state index contributed by atoms with van der Waals surface area (Å²) in [7, 11) is 0. The molecule has 1 atom stereocenters. The molecule has 1 unspecified atom stereocenters. The fraction of sp³-hybridized carbons (Fsp3) is 0.562. The molecule has 0 spiro atoms. The van der Waals surface area contributed by atoms with Gasteiger partial charge in [-0.2, -0.15) is 17.0 Å². The van der Waals surface area contributed by atoms with Crippen LogP contribution in [-0.2, 0) is 5.41 Å². The van der Waals surface area contributed by atoms with Crippen LogP contribution in [0.5, 0.6) is 0 Å². The molecule has 1 aromatic carbocycles. The highest BCUT2D eigenvalue weighted by Gasteiger charge is 2.46. The summed E-state index contributed by atoms with van der Waals surface area (Å²) in [5, 5.41) is 23.0.